The molecule has 0 saturated carbocycles. The van der Waals surface area contributed by atoms with E-state index >= 15 is 0 Å². The van der Waals surface area contributed by atoms with Crippen LogP contribution in [0.1, 0.15) is 38.5 Å². The first-order valence-corrected chi connectivity index (χ1v) is 4.82. The molecule has 0 saturated heterocycles. The van der Waals surface area contributed by atoms with Crippen molar-refractivity contribution < 1.29 is 10.2 Å². The zero-order valence-electron chi connectivity index (χ0n) is 7.45. The maximum atomic E-state index is 9.43. The van der Waals surface area contributed by atoms with Crippen LogP contribution in [0.4, 0.5) is 0 Å². The number of allylic oxidation sites excluding steroid dienone is 2. The highest BCUT2D eigenvalue weighted by Crippen LogP contribution is 2.13. The lowest BCUT2D eigenvalue weighted by molar-refractivity contribution is 0.00897. The Morgan fingerprint density at radius 3 is 2.33 bits per heavy atom. The first kappa shape index (κ1) is 9.75. The quantitative estimate of drug-likeness (QED) is 0.542. The summed E-state index contributed by atoms with van der Waals surface area (Å²) in [4.78, 5) is 0. The Bertz CT molecular complexity index is 143. The Kier molecular flexibility index (Phi) is 4.33. The molecular weight excluding hydrogens is 152 g/mol. The van der Waals surface area contributed by atoms with Crippen molar-refractivity contribution in [3.8, 4) is 0 Å². The summed E-state index contributed by atoms with van der Waals surface area (Å²) in [5.41, 5.74) is 0. The Hall–Kier alpha value is -0.340. The zero-order chi connectivity index (χ0) is 8.81. The van der Waals surface area contributed by atoms with Crippen molar-refractivity contribution in [2.45, 2.75) is 50.7 Å². The molecule has 2 N–H and O–H groups in total. The van der Waals surface area contributed by atoms with E-state index in [9.17, 15) is 10.2 Å². The molecule has 0 spiro atoms. The summed E-state index contributed by atoms with van der Waals surface area (Å²) in [5, 5.41) is 18.8. The van der Waals surface area contributed by atoms with Gasteiger partial charge in [0.25, 0.3) is 0 Å². The fraction of sp³-hybridized carbons (Fsp3) is 0.800. The van der Waals surface area contributed by atoms with Crippen LogP contribution < -0.4 is 0 Å². The van der Waals surface area contributed by atoms with E-state index in [0.717, 1.165) is 32.1 Å². The Morgan fingerprint density at radius 1 is 0.833 bits per heavy atom. The topological polar surface area (TPSA) is 40.5 Å². The summed E-state index contributed by atoms with van der Waals surface area (Å²) in [6.45, 7) is 0. The zero-order valence-corrected chi connectivity index (χ0v) is 7.45. The average molecular weight is 170 g/mol. The van der Waals surface area contributed by atoms with Gasteiger partial charge in [0.15, 0.2) is 0 Å². The minimum atomic E-state index is -0.521. The lowest BCUT2D eigenvalue weighted by Gasteiger charge is -2.17. The maximum Gasteiger partial charge on any atom is 0.0802 e. The minimum Gasteiger partial charge on any atom is -0.390 e. The molecule has 0 aromatic rings. The fourth-order valence-electron chi connectivity index (χ4n) is 1.50. The van der Waals surface area contributed by atoms with Gasteiger partial charge in [-0.1, -0.05) is 18.6 Å². The average Bonchev–Trinajstić information content (AvgIpc) is 2.08. The summed E-state index contributed by atoms with van der Waals surface area (Å²) in [7, 11) is 0. The molecule has 0 radical (unpaired) electrons. The normalized spacial score (nSPS) is 35.8. The lowest BCUT2D eigenvalue weighted by atomic mass is 10.0. The van der Waals surface area contributed by atoms with Crippen LogP contribution >= 0.6 is 0 Å². The molecule has 2 nitrogen and oxygen atoms in total. The van der Waals surface area contributed by atoms with Crippen LogP contribution in [0.15, 0.2) is 12.2 Å². The van der Waals surface area contributed by atoms with Gasteiger partial charge in [0.2, 0.25) is 0 Å². The van der Waals surface area contributed by atoms with Gasteiger partial charge in [-0.25, -0.2) is 0 Å². The van der Waals surface area contributed by atoms with Gasteiger partial charge in [0, 0.05) is 0 Å². The van der Waals surface area contributed by atoms with Gasteiger partial charge in [-0.2, -0.15) is 0 Å². The van der Waals surface area contributed by atoms with E-state index in [-0.39, 0.29) is 0 Å². The third kappa shape index (κ3) is 3.37. The molecule has 2 unspecified atom stereocenters. The highest BCUT2D eigenvalue weighted by atomic mass is 16.3. The van der Waals surface area contributed by atoms with E-state index < -0.39 is 12.2 Å². The summed E-state index contributed by atoms with van der Waals surface area (Å²) in [6.07, 6.45) is 8.83. The maximum absolute atomic E-state index is 9.43. The first-order chi connectivity index (χ1) is 5.80. The molecule has 12 heavy (non-hydrogen) atoms. The van der Waals surface area contributed by atoms with Crippen molar-refractivity contribution in [1.29, 1.82) is 0 Å². The summed E-state index contributed by atoms with van der Waals surface area (Å²) < 4.78 is 0. The standard InChI is InChI=1S/C10H18O2/c11-9-7-5-3-1-2-4-6-8-10(9)12/h1,3,9-12H,2,4-8H2/b3-1+. The van der Waals surface area contributed by atoms with Crippen LogP contribution in [-0.2, 0) is 0 Å². The van der Waals surface area contributed by atoms with Gasteiger partial charge in [-0.3, -0.25) is 0 Å². The van der Waals surface area contributed by atoms with Gasteiger partial charge < -0.3 is 10.2 Å². The van der Waals surface area contributed by atoms with Crippen LogP contribution in [0.3, 0.4) is 0 Å². The highest BCUT2D eigenvalue weighted by Gasteiger charge is 2.14. The first-order valence-electron chi connectivity index (χ1n) is 4.82. The van der Waals surface area contributed by atoms with Gasteiger partial charge in [-0.15, -0.1) is 0 Å². The van der Waals surface area contributed by atoms with Gasteiger partial charge in [0.05, 0.1) is 12.2 Å². The molecule has 0 aromatic heterocycles. The van der Waals surface area contributed by atoms with Gasteiger partial charge >= 0.3 is 0 Å². The van der Waals surface area contributed by atoms with Crippen LogP contribution in [0.5, 0.6) is 0 Å². The van der Waals surface area contributed by atoms with Crippen LogP contribution in [-0.4, -0.2) is 22.4 Å². The van der Waals surface area contributed by atoms with Crippen molar-refractivity contribution in [2.24, 2.45) is 0 Å². The van der Waals surface area contributed by atoms with Crippen molar-refractivity contribution in [3.05, 3.63) is 12.2 Å². The van der Waals surface area contributed by atoms with E-state index in [1.807, 2.05) is 0 Å². The molecule has 2 atom stereocenters. The highest BCUT2D eigenvalue weighted by molar-refractivity contribution is 4.84. The molecule has 2 heteroatoms. The third-order valence-electron chi connectivity index (χ3n) is 2.36. The van der Waals surface area contributed by atoms with Crippen LogP contribution in [0.2, 0.25) is 0 Å². The van der Waals surface area contributed by atoms with Crippen molar-refractivity contribution in [3.63, 3.8) is 0 Å². The SMILES string of the molecule is OC1CC/C=C/CCCCC1O. The van der Waals surface area contributed by atoms with Crippen LogP contribution in [0, 0.1) is 0 Å². The second kappa shape index (κ2) is 5.33. The van der Waals surface area contributed by atoms with Crippen molar-refractivity contribution in [2.75, 3.05) is 0 Å². The summed E-state index contributed by atoms with van der Waals surface area (Å²) in [6, 6.07) is 0. The third-order valence-corrected chi connectivity index (χ3v) is 2.36. The number of rotatable bonds is 0. The number of aliphatic hydroxyl groups excluding tert-OH is 2. The molecule has 0 heterocycles. The second-order valence-electron chi connectivity index (χ2n) is 3.47. The lowest BCUT2D eigenvalue weighted by Crippen LogP contribution is -2.25. The number of aliphatic hydroxyl groups is 2. The van der Waals surface area contributed by atoms with E-state index in [0.29, 0.717) is 6.42 Å². The van der Waals surface area contributed by atoms with Crippen molar-refractivity contribution >= 4 is 0 Å². The number of hydrogen-bond acceptors (Lipinski definition) is 2. The van der Waals surface area contributed by atoms with Gasteiger partial charge in [0.1, 0.15) is 0 Å². The molecule has 0 amide bonds. The second-order valence-corrected chi connectivity index (χ2v) is 3.47. The molecule has 70 valence electrons. The van der Waals surface area contributed by atoms with E-state index in [1.54, 1.807) is 0 Å². The number of hydrogen-bond donors (Lipinski definition) is 2. The minimum absolute atomic E-state index is 0.503. The van der Waals surface area contributed by atoms with Crippen LogP contribution in [0.25, 0.3) is 0 Å². The molecule has 0 aliphatic heterocycles. The molecule has 0 fully saturated rings. The molecular formula is C10H18O2. The van der Waals surface area contributed by atoms with Crippen molar-refractivity contribution in [1.82, 2.24) is 0 Å². The predicted molar refractivity (Wildman–Crippen MR) is 48.9 cm³/mol. The predicted octanol–water partition coefficient (Wildman–Crippen LogP) is 1.62. The fourth-order valence-corrected chi connectivity index (χ4v) is 1.50. The van der Waals surface area contributed by atoms with E-state index in [4.69, 9.17) is 0 Å². The van der Waals surface area contributed by atoms with E-state index in [1.165, 1.54) is 0 Å². The Morgan fingerprint density at radius 2 is 1.50 bits per heavy atom. The molecule has 1 aliphatic carbocycles. The summed E-state index contributed by atoms with van der Waals surface area (Å²) >= 11 is 0. The molecule has 1 rings (SSSR count). The Balaban J connectivity index is 2.36. The van der Waals surface area contributed by atoms with E-state index in [2.05, 4.69) is 12.2 Å². The molecule has 0 aromatic carbocycles. The van der Waals surface area contributed by atoms with Gasteiger partial charge in [-0.05, 0) is 32.1 Å². The largest absolute Gasteiger partial charge is 0.390 e. The Labute approximate surface area is 73.9 Å². The smallest absolute Gasteiger partial charge is 0.0802 e. The molecule has 1 aliphatic rings. The summed E-state index contributed by atoms with van der Waals surface area (Å²) in [5.74, 6) is 0. The monoisotopic (exact) mass is 170 g/mol. The molecule has 0 bridgehead atoms.